The van der Waals surface area contributed by atoms with Gasteiger partial charge in [-0.25, -0.2) is 8.78 Å². The zero-order valence-electron chi connectivity index (χ0n) is 11.2. The van der Waals surface area contributed by atoms with Crippen molar-refractivity contribution in [1.82, 2.24) is 0 Å². The van der Waals surface area contributed by atoms with Crippen molar-refractivity contribution < 1.29 is 13.5 Å². The molecule has 0 amide bonds. The smallest absolute Gasteiger partial charge is 0.129 e. The van der Waals surface area contributed by atoms with Crippen LogP contribution in [0.1, 0.15) is 24.5 Å². The number of hydrogen-bond donors (Lipinski definition) is 0. The van der Waals surface area contributed by atoms with Gasteiger partial charge in [-0.3, -0.25) is 0 Å². The second kappa shape index (κ2) is 3.81. The molecule has 1 atom stereocenters. The average Bonchev–Trinajstić information content (AvgIpc) is 2.41. The van der Waals surface area contributed by atoms with Crippen LogP contribution in [-0.4, -0.2) is 6.61 Å². The minimum atomic E-state index is -0.529. The third kappa shape index (κ3) is 1.46. The Balaban J connectivity index is 2.09. The first-order valence-electron chi connectivity index (χ1n) is 6.83. The van der Waals surface area contributed by atoms with Gasteiger partial charge >= 0.3 is 0 Å². The Morgan fingerprint density at radius 1 is 1.15 bits per heavy atom. The van der Waals surface area contributed by atoms with Crippen LogP contribution in [0.25, 0.3) is 11.1 Å². The van der Waals surface area contributed by atoms with Crippen LogP contribution in [-0.2, 0) is 11.8 Å². The van der Waals surface area contributed by atoms with Crippen LogP contribution in [0.4, 0.5) is 8.78 Å². The maximum atomic E-state index is 14.2. The second-order valence-corrected chi connectivity index (χ2v) is 5.93. The third-order valence-electron chi connectivity index (χ3n) is 4.56. The fraction of sp³-hybridized carbons (Fsp3) is 0.294. The summed E-state index contributed by atoms with van der Waals surface area (Å²) in [7, 11) is 0. The molecule has 1 aliphatic carbocycles. The molecule has 1 heterocycles. The zero-order chi connectivity index (χ0) is 13.9. The van der Waals surface area contributed by atoms with Crippen molar-refractivity contribution in [2.45, 2.75) is 25.2 Å². The summed E-state index contributed by atoms with van der Waals surface area (Å²) in [6, 6.07) is 8.18. The van der Waals surface area contributed by atoms with E-state index in [1.807, 2.05) is 18.2 Å². The van der Waals surface area contributed by atoms with E-state index in [9.17, 15) is 8.78 Å². The highest BCUT2D eigenvalue weighted by molar-refractivity contribution is 5.78. The number of benzene rings is 2. The summed E-state index contributed by atoms with van der Waals surface area (Å²) >= 11 is 0. The molecule has 1 aliphatic heterocycles. The number of ether oxygens (including phenoxy) is 1. The van der Waals surface area contributed by atoms with Crippen LogP contribution in [0.5, 0.6) is 5.75 Å². The maximum Gasteiger partial charge on any atom is 0.129 e. The molecule has 0 aromatic heterocycles. The van der Waals surface area contributed by atoms with E-state index in [-0.39, 0.29) is 5.41 Å². The highest BCUT2D eigenvalue weighted by Crippen LogP contribution is 2.51. The summed E-state index contributed by atoms with van der Waals surface area (Å²) in [5.74, 6) is -0.116. The fourth-order valence-electron chi connectivity index (χ4n) is 3.60. The standard InChI is InChI=1S/C17H14F2O/c1-17-5-6-20-15-4-2-3-11(16(15)17)12-7-10(18)8-14(19)13(12)9-17/h2-4,7-8H,5-6,9H2,1H3. The Morgan fingerprint density at radius 2 is 2.00 bits per heavy atom. The molecule has 0 saturated carbocycles. The number of hydrogen-bond acceptors (Lipinski definition) is 1. The van der Waals surface area contributed by atoms with Crippen molar-refractivity contribution in [3.63, 3.8) is 0 Å². The quantitative estimate of drug-likeness (QED) is 0.697. The van der Waals surface area contributed by atoms with Crippen molar-refractivity contribution in [1.29, 1.82) is 0 Å². The normalized spacial score (nSPS) is 22.8. The van der Waals surface area contributed by atoms with E-state index in [0.717, 1.165) is 29.4 Å². The molecule has 4 rings (SSSR count). The minimum absolute atomic E-state index is 0.129. The van der Waals surface area contributed by atoms with E-state index in [2.05, 4.69) is 6.92 Å². The molecule has 0 fully saturated rings. The third-order valence-corrected chi connectivity index (χ3v) is 4.56. The maximum absolute atomic E-state index is 14.2. The van der Waals surface area contributed by atoms with E-state index < -0.39 is 11.6 Å². The largest absolute Gasteiger partial charge is 0.493 e. The van der Waals surface area contributed by atoms with E-state index in [1.165, 1.54) is 6.07 Å². The molecule has 2 aromatic rings. The second-order valence-electron chi connectivity index (χ2n) is 5.93. The fourth-order valence-corrected chi connectivity index (χ4v) is 3.60. The summed E-state index contributed by atoms with van der Waals surface area (Å²) < 4.78 is 33.4. The molecule has 0 radical (unpaired) electrons. The topological polar surface area (TPSA) is 9.23 Å². The Hall–Kier alpha value is -1.90. The average molecular weight is 272 g/mol. The molecule has 3 heteroatoms. The Labute approximate surface area is 116 Å². The molecule has 0 N–H and O–H groups in total. The van der Waals surface area contributed by atoms with Crippen molar-refractivity contribution in [2.24, 2.45) is 0 Å². The Kier molecular flexibility index (Phi) is 2.27. The monoisotopic (exact) mass is 272 g/mol. The van der Waals surface area contributed by atoms with Crippen molar-refractivity contribution in [2.75, 3.05) is 6.61 Å². The first-order chi connectivity index (χ1) is 9.58. The van der Waals surface area contributed by atoms with Crippen LogP contribution in [0.15, 0.2) is 30.3 Å². The van der Waals surface area contributed by atoms with Gasteiger partial charge in [-0.2, -0.15) is 0 Å². The molecule has 20 heavy (non-hydrogen) atoms. The van der Waals surface area contributed by atoms with Gasteiger partial charge in [0.2, 0.25) is 0 Å². The molecular formula is C17H14F2O. The summed E-state index contributed by atoms with van der Waals surface area (Å²) in [6.45, 7) is 2.79. The first kappa shape index (κ1) is 11.9. The lowest BCUT2D eigenvalue weighted by molar-refractivity contribution is 0.221. The van der Waals surface area contributed by atoms with Crippen molar-refractivity contribution in [3.8, 4) is 16.9 Å². The van der Waals surface area contributed by atoms with Crippen LogP contribution in [0.3, 0.4) is 0 Å². The van der Waals surface area contributed by atoms with Gasteiger partial charge in [0, 0.05) is 17.0 Å². The zero-order valence-corrected chi connectivity index (χ0v) is 11.2. The minimum Gasteiger partial charge on any atom is -0.493 e. The van der Waals surface area contributed by atoms with Crippen molar-refractivity contribution in [3.05, 3.63) is 53.1 Å². The molecular weight excluding hydrogens is 258 g/mol. The number of halogens is 2. The van der Waals surface area contributed by atoms with Gasteiger partial charge in [0.1, 0.15) is 17.4 Å². The predicted molar refractivity (Wildman–Crippen MR) is 73.0 cm³/mol. The lowest BCUT2D eigenvalue weighted by Gasteiger charge is -2.41. The van der Waals surface area contributed by atoms with Gasteiger partial charge in [-0.1, -0.05) is 19.1 Å². The van der Waals surface area contributed by atoms with Crippen molar-refractivity contribution >= 4 is 0 Å². The predicted octanol–water partition coefficient (Wildman–Crippen LogP) is 4.23. The Bertz CT molecular complexity index is 723. The molecule has 0 spiro atoms. The van der Waals surface area contributed by atoms with E-state index in [0.29, 0.717) is 24.2 Å². The molecule has 2 aromatic carbocycles. The highest BCUT2D eigenvalue weighted by Gasteiger charge is 2.40. The van der Waals surface area contributed by atoms with Gasteiger partial charge in [-0.05, 0) is 41.7 Å². The lowest BCUT2D eigenvalue weighted by atomic mass is 9.66. The van der Waals surface area contributed by atoms with Gasteiger partial charge in [0.25, 0.3) is 0 Å². The first-order valence-corrected chi connectivity index (χ1v) is 6.83. The van der Waals surface area contributed by atoms with Crippen LogP contribution in [0.2, 0.25) is 0 Å². The summed E-state index contributed by atoms with van der Waals surface area (Å²) in [5.41, 5.74) is 3.17. The van der Waals surface area contributed by atoms with Gasteiger partial charge in [-0.15, -0.1) is 0 Å². The summed E-state index contributed by atoms with van der Waals surface area (Å²) in [4.78, 5) is 0. The van der Waals surface area contributed by atoms with E-state index >= 15 is 0 Å². The summed E-state index contributed by atoms with van der Waals surface area (Å²) in [5, 5.41) is 0. The summed E-state index contributed by atoms with van der Waals surface area (Å²) in [6.07, 6.45) is 1.45. The highest BCUT2D eigenvalue weighted by atomic mass is 19.1. The molecule has 1 nitrogen and oxygen atoms in total. The molecule has 0 saturated heterocycles. The SMILES string of the molecule is CC12CCOc3cccc(c31)-c1cc(F)cc(F)c1C2. The van der Waals surface area contributed by atoms with Crippen LogP contribution >= 0.6 is 0 Å². The lowest BCUT2D eigenvalue weighted by Crippen LogP contribution is -2.35. The van der Waals surface area contributed by atoms with Gasteiger partial charge < -0.3 is 4.74 Å². The number of fused-ring (bicyclic) bond motifs is 2. The number of rotatable bonds is 0. The molecule has 2 aliphatic rings. The Morgan fingerprint density at radius 3 is 2.85 bits per heavy atom. The van der Waals surface area contributed by atoms with E-state index in [1.54, 1.807) is 0 Å². The van der Waals surface area contributed by atoms with Gasteiger partial charge in [0.15, 0.2) is 0 Å². The van der Waals surface area contributed by atoms with Crippen LogP contribution in [0, 0.1) is 11.6 Å². The van der Waals surface area contributed by atoms with E-state index in [4.69, 9.17) is 4.74 Å². The molecule has 1 unspecified atom stereocenters. The molecule has 102 valence electrons. The molecule has 0 bridgehead atoms. The van der Waals surface area contributed by atoms with Gasteiger partial charge in [0.05, 0.1) is 6.61 Å². The van der Waals surface area contributed by atoms with Crippen LogP contribution < -0.4 is 4.74 Å².